The van der Waals surface area contributed by atoms with Crippen LogP contribution in [0.15, 0.2) is 42.5 Å². The predicted molar refractivity (Wildman–Crippen MR) is 141 cm³/mol. The average Bonchev–Trinajstić information content (AvgIpc) is 3.31. The molecule has 0 atom stereocenters. The number of methoxy groups -OCH3 is 2. The first-order chi connectivity index (χ1) is 17.4. The smallest absolute Gasteiger partial charge is 0.407 e. The number of hydrogen-bond acceptors (Lipinski definition) is 7. The molecule has 0 radical (unpaired) electrons. The van der Waals surface area contributed by atoms with Crippen molar-refractivity contribution in [3.05, 3.63) is 59.2 Å². The molecule has 0 saturated carbocycles. The number of amides is 2. The fraction of sp³-hybridized carbons (Fsp3) is 0.346. The van der Waals surface area contributed by atoms with Crippen LogP contribution in [0.1, 0.15) is 27.9 Å². The lowest BCUT2D eigenvalue weighted by atomic mass is 9.99. The van der Waals surface area contributed by atoms with E-state index in [2.05, 4.69) is 15.2 Å². The second-order valence-electron chi connectivity index (χ2n) is 8.60. The molecule has 1 aliphatic heterocycles. The fourth-order valence-electron chi connectivity index (χ4n) is 4.11. The molecule has 0 aliphatic carbocycles. The molecule has 0 unspecified atom stereocenters. The number of likely N-dealkylation sites (N-methyl/N-ethyl adjacent to an activating group) is 1. The molecule has 0 saturated heterocycles. The molecule has 10 heteroatoms. The number of nitrogens with one attached hydrogen (secondary N) is 1. The first kappa shape index (κ1) is 25.6. The summed E-state index contributed by atoms with van der Waals surface area (Å²) < 4.78 is 11.5. The van der Waals surface area contributed by atoms with Crippen LogP contribution in [0.4, 0.5) is 9.93 Å². The van der Waals surface area contributed by atoms with Gasteiger partial charge in [0.05, 0.1) is 18.4 Å². The Morgan fingerprint density at radius 2 is 1.97 bits per heavy atom. The number of aromatic nitrogens is 1. The first-order valence-corrected chi connectivity index (χ1v) is 12.4. The van der Waals surface area contributed by atoms with Crippen molar-refractivity contribution in [2.24, 2.45) is 0 Å². The molecule has 36 heavy (non-hydrogen) atoms. The quantitative estimate of drug-likeness (QED) is 0.440. The third-order valence-electron chi connectivity index (χ3n) is 6.12. The standard InChI is InChI=1S/C26H30N4O5S/c1-29(14-15-34-2)16-17-4-6-19(7-5-17)24(31)28-25-27-22-21(35-3)9-8-20(23(22)36-25)18-10-12-30(13-11-18)26(32)33/h4-10H,11-16H2,1-3H3,(H,32,33)(H,27,28,31). The lowest BCUT2D eigenvalue weighted by Crippen LogP contribution is -2.33. The van der Waals surface area contributed by atoms with Crippen LogP contribution in [0.3, 0.4) is 0 Å². The Balaban J connectivity index is 1.52. The number of carbonyl (C=O) groups is 2. The summed E-state index contributed by atoms with van der Waals surface area (Å²) in [6.07, 6.45) is 1.63. The molecule has 9 nitrogen and oxygen atoms in total. The largest absolute Gasteiger partial charge is 0.494 e. The molecule has 2 amide bonds. The number of anilines is 1. The summed E-state index contributed by atoms with van der Waals surface area (Å²) in [5, 5.41) is 12.6. The third kappa shape index (κ3) is 5.84. The first-order valence-electron chi connectivity index (χ1n) is 11.6. The lowest BCUT2D eigenvalue weighted by molar-refractivity contribution is 0.102. The Bertz CT molecular complexity index is 1270. The Morgan fingerprint density at radius 1 is 1.19 bits per heavy atom. The van der Waals surface area contributed by atoms with E-state index in [4.69, 9.17) is 9.47 Å². The molecule has 4 rings (SSSR count). The van der Waals surface area contributed by atoms with Crippen LogP contribution < -0.4 is 10.1 Å². The fourth-order valence-corrected chi connectivity index (χ4v) is 5.14. The molecular weight excluding hydrogens is 480 g/mol. The van der Waals surface area contributed by atoms with Gasteiger partial charge in [-0.1, -0.05) is 29.5 Å². The third-order valence-corrected chi connectivity index (χ3v) is 7.12. The average molecular weight is 511 g/mol. The normalized spacial score (nSPS) is 13.7. The van der Waals surface area contributed by atoms with Gasteiger partial charge in [0.1, 0.15) is 11.3 Å². The number of carbonyl (C=O) groups excluding carboxylic acids is 1. The zero-order valence-corrected chi connectivity index (χ0v) is 21.4. The zero-order valence-electron chi connectivity index (χ0n) is 20.6. The molecule has 1 aliphatic rings. The topological polar surface area (TPSA) is 104 Å². The van der Waals surface area contributed by atoms with Crippen molar-refractivity contribution in [2.45, 2.75) is 13.0 Å². The summed E-state index contributed by atoms with van der Waals surface area (Å²) in [6.45, 7) is 3.06. The van der Waals surface area contributed by atoms with Gasteiger partial charge in [0.25, 0.3) is 5.91 Å². The maximum atomic E-state index is 12.9. The Labute approximate surface area is 213 Å². The second-order valence-corrected chi connectivity index (χ2v) is 9.60. The highest BCUT2D eigenvalue weighted by molar-refractivity contribution is 7.22. The maximum absolute atomic E-state index is 12.9. The van der Waals surface area contributed by atoms with Crippen LogP contribution in [-0.2, 0) is 11.3 Å². The van der Waals surface area contributed by atoms with E-state index in [1.54, 1.807) is 14.2 Å². The molecule has 0 spiro atoms. The molecule has 3 aromatic rings. The summed E-state index contributed by atoms with van der Waals surface area (Å²) in [5.41, 5.74) is 4.38. The number of hydrogen-bond donors (Lipinski definition) is 2. The molecule has 2 N–H and O–H groups in total. The van der Waals surface area contributed by atoms with Crippen molar-refractivity contribution >= 4 is 44.3 Å². The number of thiazole rings is 1. The predicted octanol–water partition coefficient (Wildman–Crippen LogP) is 4.40. The van der Waals surface area contributed by atoms with E-state index in [-0.39, 0.29) is 5.91 Å². The van der Waals surface area contributed by atoms with Gasteiger partial charge in [-0.05, 0) is 54.4 Å². The molecule has 2 aromatic carbocycles. The minimum atomic E-state index is -0.917. The van der Waals surface area contributed by atoms with Crippen molar-refractivity contribution in [3.8, 4) is 5.75 Å². The van der Waals surface area contributed by atoms with Crippen LogP contribution in [0.2, 0.25) is 0 Å². The summed E-state index contributed by atoms with van der Waals surface area (Å²) in [6, 6.07) is 11.4. The zero-order chi connectivity index (χ0) is 25.7. The maximum Gasteiger partial charge on any atom is 0.407 e. The minimum Gasteiger partial charge on any atom is -0.494 e. The van der Waals surface area contributed by atoms with E-state index < -0.39 is 6.09 Å². The molecule has 0 fully saturated rings. The van der Waals surface area contributed by atoms with E-state index in [1.165, 1.54) is 16.2 Å². The van der Waals surface area contributed by atoms with Crippen LogP contribution in [0, 0.1) is 0 Å². The number of rotatable bonds is 9. The number of fused-ring (bicyclic) bond motifs is 1. The van der Waals surface area contributed by atoms with E-state index in [0.29, 0.717) is 48.1 Å². The van der Waals surface area contributed by atoms with Crippen molar-refractivity contribution in [3.63, 3.8) is 0 Å². The minimum absolute atomic E-state index is 0.233. The van der Waals surface area contributed by atoms with E-state index in [1.807, 2.05) is 49.5 Å². The highest BCUT2D eigenvalue weighted by Gasteiger charge is 2.21. The Kier molecular flexibility index (Phi) is 8.19. The number of nitrogens with zero attached hydrogens (tertiary/aromatic N) is 3. The van der Waals surface area contributed by atoms with Gasteiger partial charge in [-0.2, -0.15) is 0 Å². The van der Waals surface area contributed by atoms with Crippen LogP contribution in [0.5, 0.6) is 5.75 Å². The van der Waals surface area contributed by atoms with Gasteiger partial charge in [0.2, 0.25) is 0 Å². The van der Waals surface area contributed by atoms with E-state index in [9.17, 15) is 14.7 Å². The van der Waals surface area contributed by atoms with Gasteiger partial charge in [-0.3, -0.25) is 15.0 Å². The highest BCUT2D eigenvalue weighted by atomic mass is 32.1. The molecular formula is C26H30N4O5S. The van der Waals surface area contributed by atoms with Gasteiger partial charge >= 0.3 is 6.09 Å². The second kappa shape index (κ2) is 11.5. The molecule has 2 heterocycles. The van der Waals surface area contributed by atoms with Gasteiger partial charge in [-0.25, -0.2) is 9.78 Å². The number of benzene rings is 2. The Hall–Kier alpha value is -3.47. The summed E-state index contributed by atoms with van der Waals surface area (Å²) in [7, 11) is 5.30. The van der Waals surface area contributed by atoms with Crippen LogP contribution >= 0.6 is 11.3 Å². The Morgan fingerprint density at radius 3 is 2.61 bits per heavy atom. The van der Waals surface area contributed by atoms with Crippen molar-refractivity contribution in [2.75, 3.05) is 52.8 Å². The van der Waals surface area contributed by atoms with Crippen LogP contribution in [-0.4, -0.2) is 79.4 Å². The molecule has 0 bridgehead atoms. The molecule has 1 aromatic heterocycles. The summed E-state index contributed by atoms with van der Waals surface area (Å²) in [4.78, 5) is 32.4. The monoisotopic (exact) mass is 510 g/mol. The van der Waals surface area contributed by atoms with Crippen molar-refractivity contribution in [1.82, 2.24) is 14.8 Å². The lowest BCUT2D eigenvalue weighted by Gasteiger charge is -2.24. The van der Waals surface area contributed by atoms with E-state index in [0.717, 1.165) is 34.5 Å². The summed E-state index contributed by atoms with van der Waals surface area (Å²) in [5.74, 6) is 0.388. The van der Waals surface area contributed by atoms with Crippen molar-refractivity contribution < 1.29 is 24.2 Å². The number of carboxylic acid groups (broad SMARTS) is 1. The van der Waals surface area contributed by atoms with Crippen LogP contribution in [0.25, 0.3) is 15.8 Å². The van der Waals surface area contributed by atoms with Gasteiger partial charge in [-0.15, -0.1) is 0 Å². The van der Waals surface area contributed by atoms with Gasteiger partial charge < -0.3 is 19.5 Å². The highest BCUT2D eigenvalue weighted by Crippen LogP contribution is 2.39. The van der Waals surface area contributed by atoms with Crippen molar-refractivity contribution in [1.29, 1.82) is 0 Å². The SMILES string of the molecule is COCCN(C)Cc1ccc(C(=O)Nc2nc3c(OC)ccc(C4=CCN(C(=O)O)CC4)c3s2)cc1. The van der Waals surface area contributed by atoms with Gasteiger partial charge in [0, 0.05) is 38.9 Å². The summed E-state index contributed by atoms with van der Waals surface area (Å²) >= 11 is 1.38. The molecule has 190 valence electrons. The number of ether oxygens (including phenoxy) is 2. The van der Waals surface area contributed by atoms with E-state index >= 15 is 0 Å². The van der Waals surface area contributed by atoms with Gasteiger partial charge in [0.15, 0.2) is 5.13 Å².